The van der Waals surface area contributed by atoms with Crippen LogP contribution in [0.1, 0.15) is 5.56 Å². The summed E-state index contributed by atoms with van der Waals surface area (Å²) in [6.07, 6.45) is 0. The lowest BCUT2D eigenvalue weighted by Crippen LogP contribution is -1.80. The Labute approximate surface area is 70.1 Å². The molecule has 1 aromatic rings. The molecule has 0 radical (unpaired) electrons. The summed E-state index contributed by atoms with van der Waals surface area (Å²) in [5.41, 5.74) is 1.98. The SMILES string of the molecule is ClCc1ccc(NCl)cc1. The lowest BCUT2D eigenvalue weighted by Gasteiger charge is -1.97. The lowest BCUT2D eigenvalue weighted by atomic mass is 10.2. The summed E-state index contributed by atoms with van der Waals surface area (Å²) in [6, 6.07) is 7.62. The Morgan fingerprint density at radius 2 is 1.80 bits per heavy atom. The predicted molar refractivity (Wildman–Crippen MR) is 45.5 cm³/mol. The van der Waals surface area contributed by atoms with Gasteiger partial charge < -0.3 is 0 Å². The zero-order chi connectivity index (χ0) is 7.40. The van der Waals surface area contributed by atoms with Crippen LogP contribution in [0.4, 0.5) is 5.69 Å². The van der Waals surface area contributed by atoms with E-state index in [0.29, 0.717) is 5.88 Å². The maximum atomic E-state index is 5.57. The van der Waals surface area contributed by atoms with Gasteiger partial charge >= 0.3 is 0 Å². The van der Waals surface area contributed by atoms with Gasteiger partial charge in [-0.1, -0.05) is 12.1 Å². The zero-order valence-electron chi connectivity index (χ0n) is 5.27. The summed E-state index contributed by atoms with van der Waals surface area (Å²) >= 11 is 10.9. The number of halogens is 2. The van der Waals surface area contributed by atoms with Crippen LogP contribution in [0.3, 0.4) is 0 Å². The van der Waals surface area contributed by atoms with Gasteiger partial charge in [-0.2, -0.15) is 0 Å². The number of alkyl halides is 1. The zero-order valence-corrected chi connectivity index (χ0v) is 6.78. The molecule has 0 aliphatic heterocycles. The topological polar surface area (TPSA) is 12.0 Å². The highest BCUT2D eigenvalue weighted by atomic mass is 35.5. The van der Waals surface area contributed by atoms with Crippen LogP contribution in [0.5, 0.6) is 0 Å². The quantitative estimate of drug-likeness (QED) is 0.539. The number of nitrogens with one attached hydrogen (secondary N) is 1. The Balaban J connectivity index is 2.80. The largest absolute Gasteiger partial charge is 0.299 e. The van der Waals surface area contributed by atoms with Crippen molar-refractivity contribution in [2.75, 3.05) is 4.84 Å². The van der Waals surface area contributed by atoms with E-state index in [2.05, 4.69) is 4.84 Å². The third-order valence-corrected chi connectivity index (χ3v) is 1.74. The predicted octanol–water partition coefficient (Wildman–Crippen LogP) is 2.99. The summed E-state index contributed by atoms with van der Waals surface area (Å²) in [5.74, 6) is 0.544. The molecule has 0 bridgehead atoms. The van der Waals surface area contributed by atoms with Crippen molar-refractivity contribution in [1.29, 1.82) is 0 Å². The average molecular weight is 176 g/mol. The first-order valence-electron chi connectivity index (χ1n) is 2.88. The maximum Gasteiger partial charge on any atom is 0.0491 e. The van der Waals surface area contributed by atoms with Gasteiger partial charge in [0.05, 0.1) is 0 Å². The Morgan fingerprint density at radius 1 is 1.20 bits per heavy atom. The maximum absolute atomic E-state index is 5.57. The second-order valence-corrected chi connectivity index (χ2v) is 2.38. The fourth-order valence-corrected chi connectivity index (χ4v) is 0.961. The molecule has 1 aromatic carbocycles. The molecule has 1 nitrogen and oxygen atoms in total. The van der Waals surface area contributed by atoms with Crippen LogP contribution in [0, 0.1) is 0 Å². The van der Waals surface area contributed by atoms with E-state index < -0.39 is 0 Å². The smallest absolute Gasteiger partial charge is 0.0491 e. The fraction of sp³-hybridized carbons (Fsp3) is 0.143. The van der Waals surface area contributed by atoms with Gasteiger partial charge in [-0.05, 0) is 17.7 Å². The highest BCUT2D eigenvalue weighted by molar-refractivity contribution is 6.23. The van der Waals surface area contributed by atoms with E-state index in [1.54, 1.807) is 0 Å². The molecule has 0 saturated carbocycles. The molecule has 54 valence electrons. The second kappa shape index (κ2) is 3.69. The third-order valence-electron chi connectivity index (χ3n) is 1.22. The van der Waals surface area contributed by atoms with E-state index in [4.69, 9.17) is 23.4 Å². The standard InChI is InChI=1S/C7H7Cl2N/c8-5-6-1-3-7(10-9)4-2-6/h1-4,10H,5H2. The van der Waals surface area contributed by atoms with E-state index in [9.17, 15) is 0 Å². The van der Waals surface area contributed by atoms with E-state index in [0.717, 1.165) is 11.3 Å². The van der Waals surface area contributed by atoms with Gasteiger partial charge in [0.1, 0.15) is 0 Å². The van der Waals surface area contributed by atoms with Gasteiger partial charge in [-0.15, -0.1) is 11.6 Å². The molecule has 0 heterocycles. The molecule has 0 aromatic heterocycles. The molecule has 0 amide bonds. The summed E-state index contributed by atoms with van der Waals surface area (Å²) < 4.78 is 0. The minimum Gasteiger partial charge on any atom is -0.299 e. The van der Waals surface area contributed by atoms with Crippen molar-refractivity contribution >= 4 is 29.1 Å². The van der Waals surface area contributed by atoms with Crippen LogP contribution in [-0.4, -0.2) is 0 Å². The molecule has 0 aliphatic rings. The van der Waals surface area contributed by atoms with Crippen LogP contribution in [0.15, 0.2) is 24.3 Å². The van der Waals surface area contributed by atoms with Crippen LogP contribution >= 0.6 is 23.4 Å². The van der Waals surface area contributed by atoms with Crippen LogP contribution in [0.25, 0.3) is 0 Å². The van der Waals surface area contributed by atoms with Crippen LogP contribution in [-0.2, 0) is 5.88 Å². The molecule has 1 rings (SSSR count). The molecule has 0 aliphatic carbocycles. The van der Waals surface area contributed by atoms with Gasteiger partial charge in [0, 0.05) is 23.3 Å². The lowest BCUT2D eigenvalue weighted by molar-refractivity contribution is 1.40. The van der Waals surface area contributed by atoms with Crippen molar-refractivity contribution in [2.45, 2.75) is 5.88 Å². The van der Waals surface area contributed by atoms with Crippen molar-refractivity contribution in [3.8, 4) is 0 Å². The highest BCUT2D eigenvalue weighted by Gasteiger charge is 1.89. The van der Waals surface area contributed by atoms with Crippen LogP contribution in [0.2, 0.25) is 0 Å². The summed E-state index contributed by atoms with van der Waals surface area (Å²) in [6.45, 7) is 0. The van der Waals surface area contributed by atoms with Crippen LogP contribution < -0.4 is 4.84 Å². The Bertz CT molecular complexity index is 172. The third kappa shape index (κ3) is 1.79. The average Bonchev–Trinajstić information content (AvgIpc) is 2.05. The number of anilines is 1. The van der Waals surface area contributed by atoms with Crippen molar-refractivity contribution in [1.82, 2.24) is 0 Å². The molecule has 10 heavy (non-hydrogen) atoms. The van der Waals surface area contributed by atoms with Crippen molar-refractivity contribution in [3.05, 3.63) is 29.8 Å². The normalized spacial score (nSPS) is 9.40. The van der Waals surface area contributed by atoms with E-state index in [1.807, 2.05) is 24.3 Å². The Kier molecular flexibility index (Phi) is 2.84. The summed E-state index contributed by atoms with van der Waals surface area (Å²) in [5, 5.41) is 0. The van der Waals surface area contributed by atoms with Crippen molar-refractivity contribution < 1.29 is 0 Å². The molecule has 0 saturated heterocycles. The molecule has 0 atom stereocenters. The Morgan fingerprint density at radius 3 is 2.20 bits per heavy atom. The molecule has 1 N–H and O–H groups in total. The molecular weight excluding hydrogens is 169 g/mol. The van der Waals surface area contributed by atoms with Gasteiger partial charge in [0.2, 0.25) is 0 Å². The number of rotatable bonds is 2. The number of hydrogen-bond acceptors (Lipinski definition) is 1. The second-order valence-electron chi connectivity index (χ2n) is 1.93. The fourth-order valence-electron chi connectivity index (χ4n) is 0.657. The molecule has 0 spiro atoms. The van der Waals surface area contributed by atoms with Crippen molar-refractivity contribution in [2.24, 2.45) is 0 Å². The minimum absolute atomic E-state index is 0.544. The molecule has 0 fully saturated rings. The van der Waals surface area contributed by atoms with Gasteiger partial charge in [0.25, 0.3) is 0 Å². The van der Waals surface area contributed by atoms with Gasteiger partial charge in [0.15, 0.2) is 0 Å². The number of benzene rings is 1. The van der Waals surface area contributed by atoms with E-state index >= 15 is 0 Å². The highest BCUT2D eigenvalue weighted by Crippen LogP contribution is 2.11. The first-order valence-corrected chi connectivity index (χ1v) is 3.79. The summed E-state index contributed by atoms with van der Waals surface area (Å²) in [7, 11) is 0. The van der Waals surface area contributed by atoms with Gasteiger partial charge in [-0.25, -0.2) is 0 Å². The minimum atomic E-state index is 0.544. The van der Waals surface area contributed by atoms with Crippen molar-refractivity contribution in [3.63, 3.8) is 0 Å². The van der Waals surface area contributed by atoms with Gasteiger partial charge in [-0.3, -0.25) is 4.84 Å². The molecule has 0 unspecified atom stereocenters. The number of hydrogen-bond donors (Lipinski definition) is 1. The molecular formula is C7H7Cl2N. The first kappa shape index (κ1) is 7.70. The summed E-state index contributed by atoms with van der Waals surface area (Å²) in [4.78, 5) is 2.51. The van der Waals surface area contributed by atoms with E-state index in [-0.39, 0.29) is 0 Å². The Hall–Kier alpha value is -0.400. The van der Waals surface area contributed by atoms with E-state index in [1.165, 1.54) is 0 Å². The first-order chi connectivity index (χ1) is 4.86. The molecule has 3 heteroatoms. The monoisotopic (exact) mass is 175 g/mol.